The van der Waals surface area contributed by atoms with Crippen LogP contribution in [0.5, 0.6) is 0 Å². The van der Waals surface area contributed by atoms with E-state index in [4.69, 9.17) is 4.98 Å². The summed E-state index contributed by atoms with van der Waals surface area (Å²) >= 11 is 0. The van der Waals surface area contributed by atoms with Gasteiger partial charge in [0.2, 0.25) is 9.84 Å². The minimum atomic E-state index is -3.76. The third-order valence-electron chi connectivity index (χ3n) is 8.75. The summed E-state index contributed by atoms with van der Waals surface area (Å²) in [4.78, 5) is 5.45. The molecule has 1 aromatic heterocycles. The first-order valence-electron chi connectivity index (χ1n) is 14.6. The second-order valence-corrected chi connectivity index (χ2v) is 13.1. The van der Waals surface area contributed by atoms with Gasteiger partial charge in [-0.2, -0.15) is 0 Å². The fraction of sp³-hybridized carbons (Fsp3) is 0. The van der Waals surface area contributed by atoms with Gasteiger partial charge in [-0.25, -0.2) is 13.4 Å². The van der Waals surface area contributed by atoms with Gasteiger partial charge in [0, 0.05) is 5.56 Å². The van der Waals surface area contributed by atoms with E-state index in [9.17, 15) is 8.42 Å². The van der Waals surface area contributed by atoms with Crippen molar-refractivity contribution in [2.45, 2.75) is 9.79 Å². The second-order valence-electron chi connectivity index (χ2n) is 11.2. The summed E-state index contributed by atoms with van der Waals surface area (Å²) in [6.45, 7) is 0. The number of rotatable bonds is 3. The van der Waals surface area contributed by atoms with E-state index in [1.54, 1.807) is 12.1 Å². The molecule has 8 aromatic rings. The zero-order chi connectivity index (χ0) is 29.4. The van der Waals surface area contributed by atoms with Crippen molar-refractivity contribution in [3.8, 4) is 39.3 Å². The molecule has 1 aliphatic heterocycles. The summed E-state index contributed by atoms with van der Waals surface area (Å²) in [5.41, 5.74) is 6.93. The summed E-state index contributed by atoms with van der Waals surface area (Å²) in [6, 6.07) is 48.6. The number of nitrogens with zero attached hydrogens (tertiary/aromatic N) is 2. The molecule has 0 saturated heterocycles. The van der Waals surface area contributed by atoms with Crippen molar-refractivity contribution >= 4 is 42.4 Å². The van der Waals surface area contributed by atoms with Crippen molar-refractivity contribution < 1.29 is 8.42 Å². The van der Waals surface area contributed by atoms with Crippen LogP contribution in [0, 0.1) is 0 Å². The zero-order valence-corrected chi connectivity index (χ0v) is 24.3. The third-order valence-corrected chi connectivity index (χ3v) is 10.6. The van der Waals surface area contributed by atoms with E-state index >= 15 is 0 Å². The average Bonchev–Trinajstić information content (AvgIpc) is 3.48. The van der Waals surface area contributed by atoms with E-state index in [1.165, 1.54) is 27.1 Å². The Morgan fingerprint density at radius 1 is 0.500 bits per heavy atom. The minimum absolute atomic E-state index is 0.285. The molecule has 2 heterocycles. The van der Waals surface area contributed by atoms with Crippen molar-refractivity contribution in [2.75, 3.05) is 0 Å². The molecule has 0 saturated carbocycles. The maximum atomic E-state index is 14.0. The first kappa shape index (κ1) is 25.0. The molecule has 0 amide bonds. The highest BCUT2D eigenvalue weighted by Gasteiger charge is 2.34. The molecule has 0 N–H and O–H groups in total. The van der Waals surface area contributed by atoms with Gasteiger partial charge in [0.15, 0.2) is 0 Å². The van der Waals surface area contributed by atoms with Gasteiger partial charge in [-0.15, -0.1) is 0 Å². The van der Waals surface area contributed by atoms with Crippen LogP contribution in [-0.2, 0) is 9.84 Å². The molecular formula is C39H24N2O2S. The molecule has 0 fully saturated rings. The lowest BCUT2D eigenvalue weighted by atomic mass is 9.92. The molecule has 0 bridgehead atoms. The van der Waals surface area contributed by atoms with Crippen LogP contribution >= 0.6 is 0 Å². The van der Waals surface area contributed by atoms with Gasteiger partial charge in [-0.1, -0.05) is 115 Å². The van der Waals surface area contributed by atoms with Crippen LogP contribution in [0.2, 0.25) is 0 Å². The fourth-order valence-corrected chi connectivity index (χ4v) is 8.34. The third kappa shape index (κ3) is 3.57. The molecule has 0 radical (unpaired) electrons. The molecule has 0 spiro atoms. The van der Waals surface area contributed by atoms with Gasteiger partial charge in [-0.05, 0) is 74.1 Å². The Labute approximate surface area is 254 Å². The molecule has 0 unspecified atom stereocenters. The number of sulfone groups is 1. The molecular weight excluding hydrogens is 561 g/mol. The van der Waals surface area contributed by atoms with Crippen LogP contribution in [-0.4, -0.2) is 18.0 Å². The predicted octanol–water partition coefficient (Wildman–Crippen LogP) is 9.48. The molecule has 4 nitrogen and oxygen atoms in total. The molecule has 0 aliphatic carbocycles. The van der Waals surface area contributed by atoms with Crippen molar-refractivity contribution in [3.63, 3.8) is 0 Å². The average molecular weight is 585 g/mol. The maximum absolute atomic E-state index is 14.0. The number of imidazole rings is 1. The lowest BCUT2D eigenvalue weighted by molar-refractivity contribution is 0.594. The van der Waals surface area contributed by atoms with E-state index in [1.807, 2.05) is 59.2 Å². The first-order chi connectivity index (χ1) is 21.6. The number of hydrogen-bond donors (Lipinski definition) is 0. The smallest absolute Gasteiger partial charge is 0.210 e. The number of para-hydroxylation sites is 1. The molecule has 7 aromatic carbocycles. The minimum Gasteiger partial charge on any atom is -0.290 e. The lowest BCUT2D eigenvalue weighted by Gasteiger charge is -2.22. The Hall–Kier alpha value is -5.52. The topological polar surface area (TPSA) is 52.0 Å². The molecule has 44 heavy (non-hydrogen) atoms. The van der Waals surface area contributed by atoms with Crippen molar-refractivity contribution in [3.05, 3.63) is 146 Å². The highest BCUT2D eigenvalue weighted by molar-refractivity contribution is 7.92. The summed E-state index contributed by atoms with van der Waals surface area (Å²) < 4.78 is 30.1. The van der Waals surface area contributed by atoms with Crippen LogP contribution in [0.15, 0.2) is 155 Å². The number of hydrogen-bond acceptors (Lipinski definition) is 3. The van der Waals surface area contributed by atoms with Gasteiger partial charge in [-0.3, -0.25) is 4.57 Å². The Bertz CT molecular complexity index is 2550. The van der Waals surface area contributed by atoms with Crippen LogP contribution in [0.3, 0.4) is 0 Å². The van der Waals surface area contributed by atoms with Gasteiger partial charge in [0.05, 0.1) is 26.5 Å². The number of fused-ring (bicyclic) bond motifs is 5. The fourth-order valence-electron chi connectivity index (χ4n) is 6.68. The van der Waals surface area contributed by atoms with Crippen LogP contribution in [0.1, 0.15) is 0 Å². The van der Waals surface area contributed by atoms with Gasteiger partial charge in [0.25, 0.3) is 0 Å². The normalized spacial score (nSPS) is 13.4. The number of benzene rings is 7. The van der Waals surface area contributed by atoms with E-state index in [0.29, 0.717) is 16.7 Å². The summed E-state index contributed by atoms with van der Waals surface area (Å²) in [5, 5.41) is 4.88. The van der Waals surface area contributed by atoms with E-state index < -0.39 is 9.84 Å². The Morgan fingerprint density at radius 3 is 2.00 bits per heavy atom. The van der Waals surface area contributed by atoms with Gasteiger partial charge >= 0.3 is 0 Å². The maximum Gasteiger partial charge on any atom is 0.210 e. The highest BCUT2D eigenvalue weighted by Crippen LogP contribution is 2.43. The molecule has 0 atom stereocenters. The molecule has 1 aliphatic rings. The summed E-state index contributed by atoms with van der Waals surface area (Å²) in [6.07, 6.45) is 0. The van der Waals surface area contributed by atoms with E-state index in [-0.39, 0.29) is 9.79 Å². The predicted molar refractivity (Wildman–Crippen MR) is 178 cm³/mol. The highest BCUT2D eigenvalue weighted by atomic mass is 32.2. The largest absolute Gasteiger partial charge is 0.290 e. The summed E-state index contributed by atoms with van der Waals surface area (Å²) in [5.74, 6) is 0.726. The quantitative estimate of drug-likeness (QED) is 0.194. The van der Waals surface area contributed by atoms with Crippen molar-refractivity contribution in [1.82, 2.24) is 9.55 Å². The second kappa shape index (κ2) is 9.24. The van der Waals surface area contributed by atoms with E-state index in [0.717, 1.165) is 28.1 Å². The standard InChI is InChI=1S/C39H24N2O2S/c42-44(43)36-16-8-15-34-38(36)41(39(40-34)27-9-2-1-3-10-27)35-22-21-28(24-37(35)44)25-17-19-26(20-18-25)33-23-29-11-4-5-12-30(29)31-13-6-7-14-32(31)33/h1-24H. The Balaban J connectivity index is 1.19. The first-order valence-corrected chi connectivity index (χ1v) is 16.0. The van der Waals surface area contributed by atoms with Gasteiger partial charge in [0.1, 0.15) is 5.82 Å². The van der Waals surface area contributed by atoms with Gasteiger partial charge < -0.3 is 0 Å². The number of aromatic nitrogens is 2. The Morgan fingerprint density at radius 2 is 1.18 bits per heavy atom. The zero-order valence-electron chi connectivity index (χ0n) is 23.5. The van der Waals surface area contributed by atoms with Crippen molar-refractivity contribution in [1.29, 1.82) is 0 Å². The van der Waals surface area contributed by atoms with E-state index in [2.05, 4.69) is 78.9 Å². The monoisotopic (exact) mass is 584 g/mol. The molecule has 208 valence electrons. The van der Waals surface area contributed by atoms with Crippen LogP contribution < -0.4 is 0 Å². The van der Waals surface area contributed by atoms with Crippen molar-refractivity contribution in [2.24, 2.45) is 0 Å². The molecule has 5 heteroatoms. The Kier molecular flexibility index (Phi) is 5.25. The van der Waals surface area contributed by atoms with Crippen LogP contribution in [0.25, 0.3) is 71.9 Å². The molecule has 9 rings (SSSR count). The lowest BCUT2D eigenvalue weighted by Crippen LogP contribution is -2.15. The SMILES string of the molecule is O=S1(=O)c2cc(-c3ccc(-c4cc5ccccc5c5ccccc45)cc3)ccc2-n2c(-c3ccccc3)nc3cccc1c32. The summed E-state index contributed by atoms with van der Waals surface area (Å²) in [7, 11) is -3.76. The van der Waals surface area contributed by atoms with Crippen LogP contribution in [0.4, 0.5) is 0 Å².